The highest BCUT2D eigenvalue weighted by Crippen LogP contribution is 2.44. The third-order valence-corrected chi connectivity index (χ3v) is 7.36. The Labute approximate surface area is 201 Å². The fourth-order valence-electron chi connectivity index (χ4n) is 5.26. The van der Waals surface area contributed by atoms with Gasteiger partial charge >= 0.3 is 12.1 Å². The number of amides is 1. The standard InChI is InChI=1S/C27H24BrNO4/c1-16-12-17(28)10-11-18(16)23-13-29(14-24(23)26(30)31)27(32)33-15-25-21-8-4-2-6-19(21)20-7-3-5-9-22(20)25/h2-12,23-25H,13-15H2,1H3,(H,30,31). The summed E-state index contributed by atoms with van der Waals surface area (Å²) in [5, 5.41) is 9.82. The van der Waals surface area contributed by atoms with Gasteiger partial charge in [0.05, 0.1) is 5.92 Å². The van der Waals surface area contributed by atoms with Gasteiger partial charge in [-0.05, 0) is 52.4 Å². The van der Waals surface area contributed by atoms with E-state index in [0.29, 0.717) is 6.54 Å². The summed E-state index contributed by atoms with van der Waals surface area (Å²) >= 11 is 3.46. The molecule has 1 aliphatic carbocycles. The summed E-state index contributed by atoms with van der Waals surface area (Å²) in [6.07, 6.45) is -0.458. The van der Waals surface area contributed by atoms with Gasteiger partial charge in [0.2, 0.25) is 0 Å². The molecule has 0 radical (unpaired) electrons. The molecule has 1 heterocycles. The van der Waals surface area contributed by atoms with Crippen molar-refractivity contribution in [3.05, 3.63) is 93.5 Å². The molecule has 5 nitrogen and oxygen atoms in total. The molecule has 168 valence electrons. The van der Waals surface area contributed by atoms with E-state index < -0.39 is 18.0 Å². The molecule has 2 unspecified atom stereocenters. The number of aliphatic carboxylic acids is 1. The molecule has 6 heteroatoms. The van der Waals surface area contributed by atoms with E-state index in [2.05, 4.69) is 40.2 Å². The molecular weight excluding hydrogens is 482 g/mol. The monoisotopic (exact) mass is 505 g/mol. The molecule has 33 heavy (non-hydrogen) atoms. The zero-order chi connectivity index (χ0) is 23.1. The van der Waals surface area contributed by atoms with Gasteiger partial charge in [0.1, 0.15) is 6.61 Å². The maximum absolute atomic E-state index is 13.0. The van der Waals surface area contributed by atoms with Crippen molar-refractivity contribution in [1.82, 2.24) is 4.90 Å². The quantitative estimate of drug-likeness (QED) is 0.485. The maximum atomic E-state index is 13.0. The summed E-state index contributed by atoms with van der Waals surface area (Å²) in [6.45, 7) is 2.67. The zero-order valence-electron chi connectivity index (χ0n) is 18.2. The normalized spacial score (nSPS) is 19.3. The van der Waals surface area contributed by atoms with Gasteiger partial charge in [-0.3, -0.25) is 4.79 Å². The molecule has 2 aliphatic rings. The predicted octanol–water partition coefficient (Wildman–Crippen LogP) is 5.81. The van der Waals surface area contributed by atoms with E-state index in [-0.39, 0.29) is 25.0 Å². The second-order valence-electron chi connectivity index (χ2n) is 8.76. The van der Waals surface area contributed by atoms with Crippen molar-refractivity contribution in [3.8, 4) is 11.1 Å². The number of likely N-dealkylation sites (tertiary alicyclic amines) is 1. The van der Waals surface area contributed by atoms with Gasteiger partial charge in [-0.15, -0.1) is 0 Å². The summed E-state index contributed by atoms with van der Waals surface area (Å²) in [7, 11) is 0. The van der Waals surface area contributed by atoms with Crippen LogP contribution in [-0.4, -0.2) is 41.8 Å². The van der Waals surface area contributed by atoms with Crippen LogP contribution in [0.5, 0.6) is 0 Å². The molecule has 1 saturated heterocycles. The Balaban J connectivity index is 1.33. The van der Waals surface area contributed by atoms with Gasteiger partial charge < -0.3 is 14.7 Å². The molecule has 1 aliphatic heterocycles. The Morgan fingerprint density at radius 1 is 0.970 bits per heavy atom. The number of fused-ring (bicyclic) bond motifs is 3. The summed E-state index contributed by atoms with van der Waals surface area (Å²) in [4.78, 5) is 26.5. The topological polar surface area (TPSA) is 66.8 Å². The Hall–Kier alpha value is -3.12. The van der Waals surface area contributed by atoms with Gasteiger partial charge in [0.25, 0.3) is 0 Å². The number of benzene rings is 3. The Morgan fingerprint density at radius 3 is 2.21 bits per heavy atom. The van der Waals surface area contributed by atoms with Gasteiger partial charge in [0, 0.05) is 29.4 Å². The lowest BCUT2D eigenvalue weighted by atomic mass is 9.86. The van der Waals surface area contributed by atoms with Gasteiger partial charge in [0.15, 0.2) is 0 Å². The molecule has 1 N–H and O–H groups in total. The van der Waals surface area contributed by atoms with Gasteiger partial charge in [-0.1, -0.05) is 70.5 Å². The first-order valence-electron chi connectivity index (χ1n) is 11.0. The van der Waals surface area contributed by atoms with E-state index >= 15 is 0 Å². The molecule has 0 spiro atoms. The average Bonchev–Trinajstić information content (AvgIpc) is 3.38. The van der Waals surface area contributed by atoms with Crippen LogP contribution in [0, 0.1) is 12.8 Å². The number of ether oxygens (including phenoxy) is 1. The number of carbonyl (C=O) groups excluding carboxylic acids is 1. The Morgan fingerprint density at radius 2 is 1.61 bits per heavy atom. The van der Waals surface area contributed by atoms with Gasteiger partial charge in [-0.25, -0.2) is 4.79 Å². The fraction of sp³-hybridized carbons (Fsp3) is 0.259. The van der Waals surface area contributed by atoms with E-state index in [1.54, 1.807) is 0 Å². The van der Waals surface area contributed by atoms with Crippen molar-refractivity contribution in [2.45, 2.75) is 18.8 Å². The first kappa shape index (κ1) is 21.7. The van der Waals surface area contributed by atoms with Crippen molar-refractivity contribution >= 4 is 28.0 Å². The minimum absolute atomic E-state index is 0.0243. The minimum atomic E-state index is -0.892. The number of carboxylic acids is 1. The molecule has 0 saturated carbocycles. The van der Waals surface area contributed by atoms with Crippen LogP contribution in [0.3, 0.4) is 0 Å². The van der Waals surface area contributed by atoms with Crippen molar-refractivity contribution in [3.63, 3.8) is 0 Å². The highest BCUT2D eigenvalue weighted by molar-refractivity contribution is 9.10. The number of halogens is 1. The first-order valence-corrected chi connectivity index (χ1v) is 11.8. The zero-order valence-corrected chi connectivity index (χ0v) is 19.8. The third kappa shape index (κ3) is 3.93. The SMILES string of the molecule is Cc1cc(Br)ccc1C1CN(C(=O)OCC2c3ccccc3-c3ccccc32)CC1C(=O)O. The third-order valence-electron chi connectivity index (χ3n) is 6.86. The van der Waals surface area contributed by atoms with Crippen molar-refractivity contribution in [2.75, 3.05) is 19.7 Å². The smallest absolute Gasteiger partial charge is 0.409 e. The molecular formula is C27H24BrNO4. The Kier molecular flexibility index (Phi) is 5.71. The molecule has 0 bridgehead atoms. The number of aryl methyl sites for hydroxylation is 1. The lowest BCUT2D eigenvalue weighted by Gasteiger charge is -2.20. The largest absolute Gasteiger partial charge is 0.481 e. The van der Waals surface area contributed by atoms with Crippen LogP contribution in [0.1, 0.15) is 34.1 Å². The summed E-state index contributed by atoms with van der Waals surface area (Å²) in [6, 6.07) is 22.2. The van der Waals surface area contributed by atoms with E-state index in [1.165, 1.54) is 16.0 Å². The maximum Gasteiger partial charge on any atom is 0.409 e. The second-order valence-corrected chi connectivity index (χ2v) is 9.68. The van der Waals surface area contributed by atoms with Crippen LogP contribution >= 0.6 is 15.9 Å². The van der Waals surface area contributed by atoms with E-state index in [0.717, 1.165) is 26.7 Å². The Bertz CT molecular complexity index is 1190. The van der Waals surface area contributed by atoms with Crippen molar-refractivity contribution in [1.29, 1.82) is 0 Å². The molecule has 2 atom stereocenters. The summed E-state index contributed by atoms with van der Waals surface area (Å²) in [5.74, 6) is -1.85. The highest BCUT2D eigenvalue weighted by Gasteiger charge is 2.42. The molecule has 0 aromatic heterocycles. The molecule has 1 amide bonds. The number of hydrogen-bond donors (Lipinski definition) is 1. The minimum Gasteiger partial charge on any atom is -0.481 e. The highest BCUT2D eigenvalue weighted by atomic mass is 79.9. The van der Waals surface area contributed by atoms with E-state index in [1.807, 2.05) is 49.4 Å². The summed E-state index contributed by atoms with van der Waals surface area (Å²) < 4.78 is 6.72. The molecule has 5 rings (SSSR count). The second kappa shape index (κ2) is 8.67. The van der Waals surface area contributed by atoms with Crippen LogP contribution in [0.15, 0.2) is 71.2 Å². The molecule has 3 aromatic rings. The average molecular weight is 506 g/mol. The predicted molar refractivity (Wildman–Crippen MR) is 129 cm³/mol. The van der Waals surface area contributed by atoms with E-state index in [4.69, 9.17) is 4.74 Å². The number of carbonyl (C=O) groups is 2. The lowest BCUT2D eigenvalue weighted by molar-refractivity contribution is -0.141. The first-order chi connectivity index (χ1) is 15.9. The van der Waals surface area contributed by atoms with Crippen LogP contribution in [0.4, 0.5) is 4.79 Å². The fourth-order valence-corrected chi connectivity index (χ4v) is 5.73. The van der Waals surface area contributed by atoms with Crippen molar-refractivity contribution in [2.24, 2.45) is 5.92 Å². The lowest BCUT2D eigenvalue weighted by Crippen LogP contribution is -2.31. The van der Waals surface area contributed by atoms with Gasteiger partial charge in [-0.2, -0.15) is 0 Å². The number of rotatable bonds is 4. The van der Waals surface area contributed by atoms with Crippen molar-refractivity contribution < 1.29 is 19.4 Å². The van der Waals surface area contributed by atoms with E-state index in [9.17, 15) is 14.7 Å². The summed E-state index contributed by atoms with van der Waals surface area (Å²) in [5.41, 5.74) is 6.62. The van der Waals surface area contributed by atoms with Crippen LogP contribution in [-0.2, 0) is 9.53 Å². The van der Waals surface area contributed by atoms with Crippen LogP contribution < -0.4 is 0 Å². The van der Waals surface area contributed by atoms with Crippen LogP contribution in [0.25, 0.3) is 11.1 Å². The number of carboxylic acid groups (broad SMARTS) is 1. The number of nitrogens with zero attached hydrogens (tertiary/aromatic N) is 1. The number of hydrogen-bond acceptors (Lipinski definition) is 3. The van der Waals surface area contributed by atoms with Crippen LogP contribution in [0.2, 0.25) is 0 Å². The molecule has 1 fully saturated rings. The molecule has 3 aromatic carbocycles.